The molecule has 0 radical (unpaired) electrons. The fourth-order valence-electron chi connectivity index (χ4n) is 2.42. The van der Waals surface area contributed by atoms with Crippen molar-refractivity contribution in [3.05, 3.63) is 0 Å². The molecular formula is C13H29N3. The Hall–Kier alpha value is -0.120. The summed E-state index contributed by atoms with van der Waals surface area (Å²) in [5.41, 5.74) is 0. The topological polar surface area (TPSA) is 18.5 Å². The maximum absolute atomic E-state index is 3.62. The van der Waals surface area contributed by atoms with Crippen LogP contribution in [0.4, 0.5) is 0 Å². The van der Waals surface area contributed by atoms with E-state index >= 15 is 0 Å². The third-order valence-corrected chi connectivity index (χ3v) is 3.54. The molecule has 1 N–H and O–H groups in total. The molecule has 1 heterocycles. The monoisotopic (exact) mass is 227 g/mol. The number of piperazine rings is 1. The zero-order valence-electron chi connectivity index (χ0n) is 11.5. The molecule has 0 spiro atoms. The zero-order chi connectivity index (χ0) is 12.0. The molecule has 16 heavy (non-hydrogen) atoms. The highest BCUT2D eigenvalue weighted by Gasteiger charge is 2.22. The van der Waals surface area contributed by atoms with E-state index in [9.17, 15) is 0 Å². The van der Waals surface area contributed by atoms with Gasteiger partial charge in [0.15, 0.2) is 0 Å². The fraction of sp³-hybridized carbons (Fsp3) is 1.00. The van der Waals surface area contributed by atoms with Crippen LogP contribution in [0, 0.1) is 0 Å². The van der Waals surface area contributed by atoms with Crippen molar-refractivity contribution in [3.8, 4) is 0 Å². The van der Waals surface area contributed by atoms with Crippen LogP contribution in [-0.4, -0.2) is 62.2 Å². The average Bonchev–Trinajstić information content (AvgIpc) is 2.26. The highest BCUT2D eigenvalue weighted by molar-refractivity contribution is 4.81. The molecule has 1 fully saturated rings. The summed E-state index contributed by atoms with van der Waals surface area (Å²) in [5.74, 6) is 0. The molecule has 1 aliphatic rings. The van der Waals surface area contributed by atoms with Crippen LogP contribution < -0.4 is 5.32 Å². The number of rotatable bonds is 6. The summed E-state index contributed by atoms with van der Waals surface area (Å²) in [6.45, 7) is 9.46. The number of nitrogens with one attached hydrogen (secondary N) is 1. The van der Waals surface area contributed by atoms with E-state index in [4.69, 9.17) is 0 Å². The first-order valence-corrected chi connectivity index (χ1v) is 6.75. The van der Waals surface area contributed by atoms with Gasteiger partial charge in [-0.05, 0) is 40.4 Å². The minimum atomic E-state index is 0.723. The zero-order valence-corrected chi connectivity index (χ0v) is 11.5. The highest BCUT2D eigenvalue weighted by atomic mass is 15.2. The maximum Gasteiger partial charge on any atom is 0.0195 e. The summed E-state index contributed by atoms with van der Waals surface area (Å²) in [6.07, 6.45) is 3.89. The summed E-state index contributed by atoms with van der Waals surface area (Å²) in [7, 11) is 4.31. The summed E-state index contributed by atoms with van der Waals surface area (Å²) in [6, 6.07) is 1.45. The predicted molar refractivity (Wildman–Crippen MR) is 70.9 cm³/mol. The van der Waals surface area contributed by atoms with Crippen LogP contribution in [0.5, 0.6) is 0 Å². The van der Waals surface area contributed by atoms with Crippen molar-refractivity contribution < 1.29 is 0 Å². The van der Waals surface area contributed by atoms with Crippen LogP contribution in [0.25, 0.3) is 0 Å². The Bertz CT molecular complexity index is 180. The summed E-state index contributed by atoms with van der Waals surface area (Å²) >= 11 is 0. The second-order valence-electron chi connectivity index (χ2n) is 5.38. The van der Waals surface area contributed by atoms with E-state index in [1.165, 1.54) is 38.9 Å². The first kappa shape index (κ1) is 13.9. The molecule has 0 amide bonds. The Morgan fingerprint density at radius 3 is 2.81 bits per heavy atom. The van der Waals surface area contributed by atoms with E-state index in [0.29, 0.717) is 0 Å². The standard InChI is InChI=1S/C13H29N3/c1-5-6-13-11-16(10-8-14-13)12(2)7-9-15(3)4/h12-14H,5-11H2,1-4H3. The molecule has 1 saturated heterocycles. The second kappa shape index (κ2) is 7.25. The van der Waals surface area contributed by atoms with Crippen molar-refractivity contribution in [3.63, 3.8) is 0 Å². The molecule has 0 bridgehead atoms. The van der Waals surface area contributed by atoms with E-state index in [0.717, 1.165) is 18.6 Å². The van der Waals surface area contributed by atoms with Gasteiger partial charge in [0.2, 0.25) is 0 Å². The Balaban J connectivity index is 2.28. The van der Waals surface area contributed by atoms with Gasteiger partial charge in [-0.1, -0.05) is 13.3 Å². The molecule has 0 aromatic rings. The molecule has 3 nitrogen and oxygen atoms in total. The summed E-state index contributed by atoms with van der Waals surface area (Å²) in [5, 5.41) is 3.62. The Kier molecular flexibility index (Phi) is 6.32. The van der Waals surface area contributed by atoms with E-state index in [1.54, 1.807) is 0 Å². The lowest BCUT2D eigenvalue weighted by atomic mass is 10.1. The minimum Gasteiger partial charge on any atom is -0.311 e. The van der Waals surface area contributed by atoms with Crippen LogP contribution in [0.3, 0.4) is 0 Å². The largest absolute Gasteiger partial charge is 0.311 e. The highest BCUT2D eigenvalue weighted by Crippen LogP contribution is 2.10. The van der Waals surface area contributed by atoms with E-state index in [2.05, 4.69) is 43.1 Å². The maximum atomic E-state index is 3.62. The predicted octanol–water partition coefficient (Wildman–Crippen LogP) is 1.40. The minimum absolute atomic E-state index is 0.723. The van der Waals surface area contributed by atoms with E-state index < -0.39 is 0 Å². The van der Waals surface area contributed by atoms with Crippen LogP contribution in [0.1, 0.15) is 33.1 Å². The van der Waals surface area contributed by atoms with Crippen molar-refractivity contribution in [1.29, 1.82) is 0 Å². The lowest BCUT2D eigenvalue weighted by Gasteiger charge is -2.38. The molecule has 1 rings (SSSR count). The van der Waals surface area contributed by atoms with Gasteiger partial charge in [0.25, 0.3) is 0 Å². The van der Waals surface area contributed by atoms with Crippen LogP contribution in [0.2, 0.25) is 0 Å². The molecule has 0 aromatic heterocycles. The average molecular weight is 227 g/mol. The van der Waals surface area contributed by atoms with Gasteiger partial charge >= 0.3 is 0 Å². The second-order valence-corrected chi connectivity index (χ2v) is 5.38. The van der Waals surface area contributed by atoms with Crippen molar-refractivity contribution in [2.75, 3.05) is 40.3 Å². The first-order valence-electron chi connectivity index (χ1n) is 6.75. The molecule has 2 atom stereocenters. The molecule has 0 aliphatic carbocycles. The number of hydrogen-bond donors (Lipinski definition) is 1. The molecular weight excluding hydrogens is 198 g/mol. The molecule has 1 aliphatic heterocycles. The third kappa shape index (κ3) is 4.81. The van der Waals surface area contributed by atoms with Gasteiger partial charge in [0, 0.05) is 31.7 Å². The number of hydrogen-bond acceptors (Lipinski definition) is 3. The van der Waals surface area contributed by atoms with Gasteiger partial charge in [0.05, 0.1) is 0 Å². The van der Waals surface area contributed by atoms with Crippen molar-refractivity contribution >= 4 is 0 Å². The molecule has 96 valence electrons. The number of nitrogens with zero attached hydrogens (tertiary/aromatic N) is 2. The summed E-state index contributed by atoms with van der Waals surface area (Å²) in [4.78, 5) is 4.93. The lowest BCUT2D eigenvalue weighted by molar-refractivity contribution is 0.136. The molecule has 0 aromatic carbocycles. The smallest absolute Gasteiger partial charge is 0.0195 e. The van der Waals surface area contributed by atoms with Crippen molar-refractivity contribution in [2.45, 2.75) is 45.2 Å². The molecule has 2 unspecified atom stereocenters. The van der Waals surface area contributed by atoms with E-state index in [1.807, 2.05) is 0 Å². The molecule has 0 saturated carbocycles. The summed E-state index contributed by atoms with van der Waals surface area (Å²) < 4.78 is 0. The lowest BCUT2D eigenvalue weighted by Crippen LogP contribution is -2.53. The van der Waals surface area contributed by atoms with Crippen molar-refractivity contribution in [1.82, 2.24) is 15.1 Å². The normalized spacial score (nSPS) is 24.9. The van der Waals surface area contributed by atoms with Gasteiger partial charge in [-0.25, -0.2) is 0 Å². The fourth-order valence-corrected chi connectivity index (χ4v) is 2.42. The van der Waals surface area contributed by atoms with Crippen LogP contribution in [0.15, 0.2) is 0 Å². The van der Waals surface area contributed by atoms with Gasteiger partial charge in [-0.2, -0.15) is 0 Å². The van der Waals surface area contributed by atoms with Gasteiger partial charge in [-0.3, -0.25) is 4.90 Å². The van der Waals surface area contributed by atoms with Gasteiger partial charge < -0.3 is 10.2 Å². The van der Waals surface area contributed by atoms with E-state index in [-0.39, 0.29) is 0 Å². The Morgan fingerprint density at radius 2 is 2.19 bits per heavy atom. The van der Waals surface area contributed by atoms with Crippen LogP contribution >= 0.6 is 0 Å². The van der Waals surface area contributed by atoms with Crippen molar-refractivity contribution in [2.24, 2.45) is 0 Å². The first-order chi connectivity index (χ1) is 7.63. The molecule has 3 heteroatoms. The quantitative estimate of drug-likeness (QED) is 0.740. The SMILES string of the molecule is CCCC1CN(C(C)CCN(C)C)CCN1. The van der Waals surface area contributed by atoms with Gasteiger partial charge in [-0.15, -0.1) is 0 Å². The Labute approximate surface area is 101 Å². The van der Waals surface area contributed by atoms with Gasteiger partial charge in [0.1, 0.15) is 0 Å². The third-order valence-electron chi connectivity index (χ3n) is 3.54. The Morgan fingerprint density at radius 1 is 1.44 bits per heavy atom. The van der Waals surface area contributed by atoms with Crippen LogP contribution in [-0.2, 0) is 0 Å².